The molecule has 114 valence electrons. The van der Waals surface area contributed by atoms with Gasteiger partial charge >= 0.3 is 0 Å². The third-order valence-corrected chi connectivity index (χ3v) is 4.69. The SMILES string of the molecule is Cc1ccc2sc(C(=O)N(CCCO)C(C)C)c(N)c2c1. The number of benzene rings is 1. The summed E-state index contributed by atoms with van der Waals surface area (Å²) in [6.07, 6.45) is 0.577. The smallest absolute Gasteiger partial charge is 0.266 e. The second kappa shape index (κ2) is 6.45. The van der Waals surface area contributed by atoms with Gasteiger partial charge in [-0.15, -0.1) is 11.3 Å². The molecule has 4 nitrogen and oxygen atoms in total. The van der Waals surface area contributed by atoms with Crippen LogP contribution in [0.25, 0.3) is 10.1 Å². The van der Waals surface area contributed by atoms with E-state index in [9.17, 15) is 4.79 Å². The summed E-state index contributed by atoms with van der Waals surface area (Å²) in [5, 5.41) is 9.94. The molecule has 5 heteroatoms. The van der Waals surface area contributed by atoms with Crippen molar-refractivity contribution in [2.45, 2.75) is 33.2 Å². The van der Waals surface area contributed by atoms with Crippen molar-refractivity contribution in [2.75, 3.05) is 18.9 Å². The number of amides is 1. The van der Waals surface area contributed by atoms with Crippen molar-refractivity contribution in [3.63, 3.8) is 0 Å². The molecule has 0 saturated carbocycles. The topological polar surface area (TPSA) is 66.6 Å². The number of aryl methyl sites for hydroxylation is 1. The Morgan fingerprint density at radius 2 is 2.14 bits per heavy atom. The Labute approximate surface area is 129 Å². The van der Waals surface area contributed by atoms with Crippen molar-refractivity contribution in [2.24, 2.45) is 0 Å². The standard InChI is InChI=1S/C16H22N2O2S/c1-10(2)18(7-4-8-19)16(20)15-14(17)12-9-11(3)5-6-13(12)21-15/h5-6,9-10,19H,4,7-8,17H2,1-3H3. The van der Waals surface area contributed by atoms with E-state index in [1.54, 1.807) is 4.90 Å². The van der Waals surface area contributed by atoms with Gasteiger partial charge in [0.1, 0.15) is 4.88 Å². The fraction of sp³-hybridized carbons (Fsp3) is 0.438. The number of carbonyl (C=O) groups excluding carboxylic acids is 1. The number of nitrogens with zero attached hydrogens (tertiary/aromatic N) is 1. The lowest BCUT2D eigenvalue weighted by Gasteiger charge is -2.26. The summed E-state index contributed by atoms with van der Waals surface area (Å²) in [6, 6.07) is 6.13. The molecule has 0 aliphatic heterocycles. The normalized spacial score (nSPS) is 11.3. The number of rotatable bonds is 5. The van der Waals surface area contributed by atoms with Crippen LogP contribution in [0.5, 0.6) is 0 Å². The summed E-state index contributed by atoms with van der Waals surface area (Å²) in [7, 11) is 0. The molecule has 0 saturated heterocycles. The summed E-state index contributed by atoms with van der Waals surface area (Å²) in [6.45, 7) is 6.59. The van der Waals surface area contributed by atoms with E-state index in [1.165, 1.54) is 11.3 Å². The second-order valence-electron chi connectivity index (χ2n) is 5.51. The van der Waals surface area contributed by atoms with Crippen molar-refractivity contribution in [3.8, 4) is 0 Å². The lowest BCUT2D eigenvalue weighted by Crippen LogP contribution is -2.37. The molecule has 1 amide bonds. The molecule has 2 rings (SSSR count). The largest absolute Gasteiger partial charge is 0.397 e. The maximum absolute atomic E-state index is 12.7. The maximum atomic E-state index is 12.7. The van der Waals surface area contributed by atoms with E-state index in [0.29, 0.717) is 23.5 Å². The summed E-state index contributed by atoms with van der Waals surface area (Å²) in [5.74, 6) is -0.0465. The van der Waals surface area contributed by atoms with Crippen molar-refractivity contribution in [1.82, 2.24) is 4.90 Å². The summed E-state index contributed by atoms with van der Waals surface area (Å²) >= 11 is 1.44. The molecule has 3 N–H and O–H groups in total. The lowest BCUT2D eigenvalue weighted by atomic mass is 10.1. The number of anilines is 1. The molecule has 0 bridgehead atoms. The molecule has 0 unspecified atom stereocenters. The van der Waals surface area contributed by atoms with Gasteiger partial charge in [0.25, 0.3) is 5.91 Å². The Balaban J connectivity index is 2.39. The number of carbonyl (C=O) groups is 1. The zero-order valence-electron chi connectivity index (χ0n) is 12.7. The van der Waals surface area contributed by atoms with Gasteiger partial charge in [0.15, 0.2) is 0 Å². The molecule has 0 atom stereocenters. The molecule has 1 aromatic heterocycles. The Kier molecular flexibility index (Phi) is 4.85. The van der Waals surface area contributed by atoms with Crippen molar-refractivity contribution in [1.29, 1.82) is 0 Å². The number of aliphatic hydroxyl groups is 1. The third kappa shape index (κ3) is 3.19. The average molecular weight is 306 g/mol. The summed E-state index contributed by atoms with van der Waals surface area (Å²) < 4.78 is 1.03. The highest BCUT2D eigenvalue weighted by molar-refractivity contribution is 7.21. The quantitative estimate of drug-likeness (QED) is 0.892. The average Bonchev–Trinajstić information content (AvgIpc) is 2.76. The van der Waals surface area contributed by atoms with Crippen LogP contribution >= 0.6 is 11.3 Å². The van der Waals surface area contributed by atoms with Crippen molar-refractivity contribution < 1.29 is 9.90 Å². The number of hydrogen-bond donors (Lipinski definition) is 2. The zero-order chi connectivity index (χ0) is 15.6. The Bertz CT molecular complexity index is 649. The van der Waals surface area contributed by atoms with Gasteiger partial charge < -0.3 is 15.7 Å². The van der Waals surface area contributed by atoms with Gasteiger partial charge in [-0.2, -0.15) is 0 Å². The number of hydrogen-bond acceptors (Lipinski definition) is 4. The van der Waals surface area contributed by atoms with Gasteiger partial charge in [-0.05, 0) is 39.3 Å². The molecule has 2 aromatic rings. The van der Waals surface area contributed by atoms with Gasteiger partial charge in [-0.25, -0.2) is 0 Å². The van der Waals surface area contributed by atoms with Crippen LogP contribution in [-0.2, 0) is 0 Å². The first kappa shape index (κ1) is 15.8. The maximum Gasteiger partial charge on any atom is 0.266 e. The Morgan fingerprint density at radius 1 is 1.43 bits per heavy atom. The van der Waals surface area contributed by atoms with Crippen LogP contribution in [0.3, 0.4) is 0 Å². The first-order chi connectivity index (χ1) is 9.95. The van der Waals surface area contributed by atoms with Crippen molar-refractivity contribution in [3.05, 3.63) is 28.6 Å². The molecule has 0 aliphatic rings. The molecule has 1 aromatic carbocycles. The molecular formula is C16H22N2O2S. The molecule has 0 aliphatic carbocycles. The predicted octanol–water partition coefficient (Wildman–Crippen LogP) is 3.02. The van der Waals surface area contributed by atoms with E-state index in [2.05, 4.69) is 0 Å². The first-order valence-electron chi connectivity index (χ1n) is 7.16. The van der Waals surface area contributed by atoms with Crippen LogP contribution in [0, 0.1) is 6.92 Å². The third-order valence-electron chi connectivity index (χ3n) is 3.52. The molecule has 1 heterocycles. The number of aliphatic hydroxyl groups excluding tert-OH is 1. The molecule has 21 heavy (non-hydrogen) atoms. The van der Waals surface area contributed by atoms with Crippen LogP contribution in [0.1, 0.15) is 35.5 Å². The first-order valence-corrected chi connectivity index (χ1v) is 7.97. The van der Waals surface area contributed by atoms with Crippen molar-refractivity contribution >= 4 is 33.0 Å². The van der Waals surface area contributed by atoms with Gasteiger partial charge in [0, 0.05) is 29.3 Å². The number of nitrogens with two attached hydrogens (primary N) is 1. The predicted molar refractivity (Wildman–Crippen MR) is 88.8 cm³/mol. The Morgan fingerprint density at radius 3 is 2.76 bits per heavy atom. The van der Waals surface area contributed by atoms with E-state index in [0.717, 1.165) is 15.6 Å². The lowest BCUT2D eigenvalue weighted by molar-refractivity contribution is 0.0699. The van der Waals surface area contributed by atoms with Crippen LogP contribution in [0.4, 0.5) is 5.69 Å². The highest BCUT2D eigenvalue weighted by atomic mass is 32.1. The highest BCUT2D eigenvalue weighted by Crippen LogP contribution is 2.35. The monoisotopic (exact) mass is 306 g/mol. The Hall–Kier alpha value is -1.59. The minimum absolute atomic E-state index is 0.0465. The molecule has 0 fully saturated rings. The minimum Gasteiger partial charge on any atom is -0.397 e. The van der Waals surface area contributed by atoms with Gasteiger partial charge in [-0.1, -0.05) is 11.6 Å². The summed E-state index contributed by atoms with van der Waals surface area (Å²) in [5.41, 5.74) is 7.89. The highest BCUT2D eigenvalue weighted by Gasteiger charge is 2.23. The van der Waals surface area contributed by atoms with Gasteiger partial charge in [0.05, 0.1) is 5.69 Å². The fourth-order valence-corrected chi connectivity index (χ4v) is 3.41. The van der Waals surface area contributed by atoms with Gasteiger partial charge in [0.2, 0.25) is 0 Å². The molecule has 0 radical (unpaired) electrons. The van der Waals surface area contributed by atoms with E-state index in [4.69, 9.17) is 10.8 Å². The van der Waals surface area contributed by atoms with Crippen LogP contribution in [0.2, 0.25) is 0 Å². The van der Waals surface area contributed by atoms with Crippen LogP contribution in [0.15, 0.2) is 18.2 Å². The minimum atomic E-state index is -0.0465. The van der Waals surface area contributed by atoms with E-state index in [-0.39, 0.29) is 18.6 Å². The van der Waals surface area contributed by atoms with E-state index in [1.807, 2.05) is 39.0 Å². The zero-order valence-corrected chi connectivity index (χ0v) is 13.5. The van der Waals surface area contributed by atoms with E-state index >= 15 is 0 Å². The molecule has 0 spiro atoms. The van der Waals surface area contributed by atoms with Crippen LogP contribution < -0.4 is 5.73 Å². The number of thiophene rings is 1. The number of nitrogen functional groups attached to an aromatic ring is 1. The summed E-state index contributed by atoms with van der Waals surface area (Å²) in [4.78, 5) is 15.1. The molecular weight excluding hydrogens is 284 g/mol. The number of fused-ring (bicyclic) bond motifs is 1. The van der Waals surface area contributed by atoms with Gasteiger partial charge in [-0.3, -0.25) is 4.79 Å². The van der Waals surface area contributed by atoms with Crippen LogP contribution in [-0.4, -0.2) is 35.1 Å². The van der Waals surface area contributed by atoms with E-state index < -0.39 is 0 Å². The second-order valence-corrected chi connectivity index (χ2v) is 6.57. The fourth-order valence-electron chi connectivity index (χ4n) is 2.36.